The molecule has 0 fully saturated rings. The average Bonchev–Trinajstić information content (AvgIpc) is 3.67. The van der Waals surface area contributed by atoms with E-state index in [-0.39, 0.29) is 11.6 Å². The molecule has 2 aliphatic carbocycles. The van der Waals surface area contributed by atoms with Gasteiger partial charge in [-0.15, -0.1) is 0 Å². The fraction of sp³-hybridized carbons (Fsp3) is 0.0213. The van der Waals surface area contributed by atoms with Crippen molar-refractivity contribution in [3.63, 3.8) is 0 Å². The van der Waals surface area contributed by atoms with Gasteiger partial charge in [0.25, 0.3) is 0 Å². The van der Waals surface area contributed by atoms with E-state index < -0.39 is 14.1 Å². The molecule has 6 aromatic carbocycles. The Morgan fingerprint density at radius 1 is 0.280 bits per heavy atom. The fourth-order valence-electron chi connectivity index (χ4n) is 7.60. The molecule has 0 aromatic heterocycles. The zero-order valence-corrected chi connectivity index (χ0v) is 28.9. The molecule has 8 rings (SSSR count). The lowest BCUT2D eigenvalue weighted by Gasteiger charge is -2.22. The quantitative estimate of drug-likeness (QED) is 0.153. The van der Waals surface area contributed by atoms with Crippen LogP contribution in [0.4, 0.5) is 0 Å². The third kappa shape index (κ3) is 5.48. The van der Waals surface area contributed by atoms with Crippen molar-refractivity contribution in [2.45, 2.75) is 5.79 Å². The molecule has 2 aliphatic rings. The molecule has 236 valence electrons. The average molecular weight is 657 g/mol. The molecule has 0 heterocycles. The predicted molar refractivity (Wildman–Crippen MR) is 208 cm³/mol. The predicted octanol–water partition coefficient (Wildman–Crippen LogP) is 10.5. The van der Waals surface area contributed by atoms with Crippen molar-refractivity contribution in [2.75, 3.05) is 0 Å². The second kappa shape index (κ2) is 13.6. The molecule has 0 spiro atoms. The first kappa shape index (κ1) is 31.4. The fourth-order valence-corrected chi connectivity index (χ4v) is 10.8. The second-order valence-corrected chi connectivity index (χ2v) is 15.3. The Morgan fingerprint density at radius 3 is 0.720 bits per heavy atom. The zero-order chi connectivity index (χ0) is 34.0. The maximum absolute atomic E-state index is 15.1. The van der Waals surface area contributed by atoms with E-state index in [1.807, 2.05) is 158 Å². The molecule has 0 saturated carbocycles. The Kier molecular flexibility index (Phi) is 8.53. The van der Waals surface area contributed by atoms with E-state index in [1.54, 1.807) is 0 Å². The second-order valence-electron chi connectivity index (χ2n) is 12.7. The Labute approximate surface area is 297 Å². The van der Waals surface area contributed by atoms with Gasteiger partial charge < -0.3 is 0 Å². The summed E-state index contributed by atoms with van der Waals surface area (Å²) < 4.78 is 2.12. The van der Waals surface area contributed by atoms with Gasteiger partial charge in [-0.25, -0.2) is 0 Å². The summed E-state index contributed by atoms with van der Waals surface area (Å²) >= 11 is -2.42. The van der Waals surface area contributed by atoms with E-state index in [4.69, 9.17) is 0 Å². The molecule has 0 aliphatic heterocycles. The Hall–Kier alpha value is -5.85. The number of hydrogen-bond acceptors (Lipinski definition) is 2. The third-order valence-corrected chi connectivity index (χ3v) is 12.6. The van der Waals surface area contributed by atoms with Crippen LogP contribution >= 0.6 is 0 Å². The van der Waals surface area contributed by atoms with E-state index in [0.717, 1.165) is 64.5 Å². The van der Waals surface area contributed by atoms with Gasteiger partial charge >= 0.3 is 14.1 Å². The van der Waals surface area contributed by atoms with Gasteiger partial charge in [0, 0.05) is 22.3 Å². The minimum Gasteiger partial charge on any atom is -0.289 e. The van der Waals surface area contributed by atoms with Crippen molar-refractivity contribution in [2.24, 2.45) is 0 Å². The lowest BCUT2D eigenvalue weighted by molar-refractivity contribution is -0.109. The number of carbonyl (C=O) groups is 2. The van der Waals surface area contributed by atoms with Crippen molar-refractivity contribution in [1.29, 1.82) is 0 Å². The first-order valence-electron chi connectivity index (χ1n) is 17.0. The molecule has 0 saturated heterocycles. The Bertz CT molecular complexity index is 2180. The minimum absolute atomic E-state index is 0.0234. The van der Waals surface area contributed by atoms with Crippen LogP contribution in [0.5, 0.6) is 0 Å². The number of ketones is 2. The van der Waals surface area contributed by atoms with Crippen LogP contribution in [0.2, 0.25) is 5.79 Å². The summed E-state index contributed by atoms with van der Waals surface area (Å²) in [4.78, 5) is 30.2. The molecule has 0 amide bonds. The van der Waals surface area contributed by atoms with Crippen LogP contribution in [0.3, 0.4) is 0 Å². The summed E-state index contributed by atoms with van der Waals surface area (Å²) in [6, 6.07) is 60.8. The van der Waals surface area contributed by atoms with Crippen LogP contribution in [0.25, 0.3) is 33.4 Å². The molecule has 0 unspecified atom stereocenters. The number of benzene rings is 6. The van der Waals surface area contributed by atoms with Crippen LogP contribution in [-0.4, -0.2) is 25.7 Å². The van der Waals surface area contributed by atoms with Crippen molar-refractivity contribution in [1.82, 2.24) is 0 Å². The summed E-state index contributed by atoms with van der Waals surface area (Å²) in [5.74, 6) is 2.36. The van der Waals surface area contributed by atoms with E-state index in [9.17, 15) is 0 Å². The molecular formula is C47H33AlO2. The van der Waals surface area contributed by atoms with Crippen LogP contribution in [0.1, 0.15) is 33.4 Å². The third-order valence-electron chi connectivity index (χ3n) is 9.73. The van der Waals surface area contributed by atoms with Crippen molar-refractivity contribution in [3.8, 4) is 0 Å². The summed E-state index contributed by atoms with van der Waals surface area (Å²) in [7, 11) is 0. The van der Waals surface area contributed by atoms with Gasteiger partial charge in [0.15, 0.2) is 11.6 Å². The highest BCUT2D eigenvalue weighted by Gasteiger charge is 2.45. The monoisotopic (exact) mass is 656 g/mol. The van der Waals surface area contributed by atoms with Gasteiger partial charge in [0.05, 0.1) is 0 Å². The smallest absolute Gasteiger partial charge is 0.289 e. The first-order chi connectivity index (χ1) is 24.6. The molecule has 3 heteroatoms. The van der Waals surface area contributed by atoms with Gasteiger partial charge in [0.2, 0.25) is 0 Å². The molecule has 0 radical (unpaired) electrons. The van der Waals surface area contributed by atoms with Gasteiger partial charge in [0.1, 0.15) is 0 Å². The molecule has 2 nitrogen and oxygen atoms in total. The summed E-state index contributed by atoms with van der Waals surface area (Å²) in [6.45, 7) is 0. The number of hydrogen-bond donors (Lipinski definition) is 0. The highest BCUT2D eigenvalue weighted by molar-refractivity contribution is 6.86. The number of Topliss-reactive ketones (excluding diaryl/α,β-unsaturated/α-hetero) is 2. The Morgan fingerprint density at radius 2 is 0.480 bits per heavy atom. The lowest BCUT2D eigenvalue weighted by Crippen LogP contribution is -2.20. The standard InChI is InChI=1S/2C23H15O.CH3.Al/c2*24-23-21(18-12-6-2-7-13-18)16-20(17-10-4-1-5-11-17)22(23)19-14-8-3-9-15-19;;/h2*1-15H;1H3;. The normalized spacial score (nSPS) is 14.7. The molecule has 0 bridgehead atoms. The highest BCUT2D eigenvalue weighted by Crippen LogP contribution is 2.52. The van der Waals surface area contributed by atoms with Gasteiger partial charge in [-0.2, -0.15) is 0 Å². The van der Waals surface area contributed by atoms with Crippen molar-refractivity contribution >= 4 is 59.2 Å². The highest BCUT2D eigenvalue weighted by atomic mass is 27.2. The van der Waals surface area contributed by atoms with Gasteiger partial charge in [-0.3, -0.25) is 9.59 Å². The lowest BCUT2D eigenvalue weighted by atomic mass is 9.95. The van der Waals surface area contributed by atoms with E-state index in [0.29, 0.717) is 11.1 Å². The number of allylic oxidation sites excluding steroid dienone is 8. The number of carbonyl (C=O) groups excluding carboxylic acids is 2. The molecule has 6 aromatic rings. The van der Waals surface area contributed by atoms with E-state index >= 15 is 9.59 Å². The molecule has 50 heavy (non-hydrogen) atoms. The SMILES string of the molecule is [CH3][Al]([C]1=C(c2ccccc2)C(=O)C(c2ccccc2)=C1c1ccccc1)[C]1=C(c2ccccc2)C(=O)C(c2ccccc2)=C1c1ccccc1. The van der Waals surface area contributed by atoms with Gasteiger partial charge in [-0.1, -0.05) is 197 Å². The Balaban J connectivity index is 1.50. The molecular weight excluding hydrogens is 623 g/mol. The van der Waals surface area contributed by atoms with Crippen molar-refractivity contribution in [3.05, 3.63) is 224 Å². The zero-order valence-electron chi connectivity index (χ0n) is 27.7. The van der Waals surface area contributed by atoms with Crippen LogP contribution in [0.15, 0.2) is 191 Å². The summed E-state index contributed by atoms with van der Waals surface area (Å²) in [5, 5.41) is 0. The van der Waals surface area contributed by atoms with E-state index in [2.05, 4.69) is 30.1 Å². The molecule has 0 atom stereocenters. The maximum atomic E-state index is 15.1. The maximum Gasteiger partial charge on any atom is 0.347 e. The van der Waals surface area contributed by atoms with Crippen LogP contribution < -0.4 is 0 Å². The van der Waals surface area contributed by atoms with Crippen molar-refractivity contribution < 1.29 is 9.59 Å². The topological polar surface area (TPSA) is 34.1 Å². The van der Waals surface area contributed by atoms with Crippen LogP contribution in [-0.2, 0) is 9.59 Å². The summed E-state index contributed by atoms with van der Waals surface area (Å²) in [5.41, 5.74) is 10.4. The van der Waals surface area contributed by atoms with Gasteiger partial charge in [-0.05, 0) is 44.5 Å². The van der Waals surface area contributed by atoms with Crippen LogP contribution in [0, 0.1) is 0 Å². The first-order valence-corrected chi connectivity index (χ1v) is 19.3. The van der Waals surface area contributed by atoms with E-state index in [1.165, 1.54) is 0 Å². The largest absolute Gasteiger partial charge is 0.347 e. The minimum atomic E-state index is -2.42. The summed E-state index contributed by atoms with van der Waals surface area (Å²) in [6.07, 6.45) is 0. The number of rotatable bonds is 8. The molecule has 0 N–H and O–H groups in total.